The van der Waals surface area contributed by atoms with E-state index in [0.717, 1.165) is 31.2 Å². The Morgan fingerprint density at radius 1 is 1.26 bits per heavy atom. The molecule has 0 saturated heterocycles. The molecule has 3 nitrogen and oxygen atoms in total. The summed E-state index contributed by atoms with van der Waals surface area (Å²) in [5.41, 5.74) is 6.95. The van der Waals surface area contributed by atoms with Crippen LogP contribution < -0.4 is 5.73 Å². The van der Waals surface area contributed by atoms with Gasteiger partial charge in [0.25, 0.3) is 0 Å². The van der Waals surface area contributed by atoms with Gasteiger partial charge in [-0.25, -0.2) is 0 Å². The van der Waals surface area contributed by atoms with Crippen molar-refractivity contribution >= 4 is 5.97 Å². The van der Waals surface area contributed by atoms with Crippen molar-refractivity contribution in [2.75, 3.05) is 0 Å². The zero-order valence-electron chi connectivity index (χ0n) is 11.5. The molecular formula is C16H23NO2. The van der Waals surface area contributed by atoms with Crippen LogP contribution in [0.15, 0.2) is 30.3 Å². The lowest BCUT2D eigenvalue weighted by molar-refractivity contribution is -0.151. The highest BCUT2D eigenvalue weighted by molar-refractivity contribution is 5.72. The van der Waals surface area contributed by atoms with Gasteiger partial charge < -0.3 is 10.5 Å². The van der Waals surface area contributed by atoms with Crippen molar-refractivity contribution in [1.29, 1.82) is 0 Å². The van der Waals surface area contributed by atoms with E-state index in [-0.39, 0.29) is 17.9 Å². The molecule has 1 unspecified atom stereocenters. The minimum absolute atomic E-state index is 0.0491. The number of nitrogens with two attached hydrogens (primary N) is 1. The lowest BCUT2D eigenvalue weighted by Crippen LogP contribution is -2.32. The van der Waals surface area contributed by atoms with Gasteiger partial charge >= 0.3 is 5.97 Å². The molecule has 104 valence electrons. The number of ether oxygens (including phenoxy) is 1. The molecule has 0 spiro atoms. The molecule has 2 rings (SSSR count). The molecule has 0 aliphatic heterocycles. The third kappa shape index (κ3) is 4.06. The lowest BCUT2D eigenvalue weighted by atomic mass is 9.79. The van der Waals surface area contributed by atoms with Crippen LogP contribution in [0, 0.1) is 11.8 Å². The second-order valence-corrected chi connectivity index (χ2v) is 5.56. The van der Waals surface area contributed by atoms with Gasteiger partial charge in [0.05, 0.1) is 5.92 Å². The van der Waals surface area contributed by atoms with Gasteiger partial charge in [-0.3, -0.25) is 4.79 Å². The number of benzene rings is 1. The van der Waals surface area contributed by atoms with Crippen molar-refractivity contribution in [3.8, 4) is 0 Å². The zero-order chi connectivity index (χ0) is 13.7. The fourth-order valence-corrected chi connectivity index (χ4v) is 2.73. The molecule has 1 atom stereocenters. The fraction of sp³-hybridized carbons (Fsp3) is 0.562. The molecule has 1 fully saturated rings. The minimum atomic E-state index is -0.0491. The molecule has 3 heteroatoms. The minimum Gasteiger partial charge on any atom is -0.461 e. The predicted molar refractivity (Wildman–Crippen MR) is 75.3 cm³/mol. The quantitative estimate of drug-likeness (QED) is 0.848. The zero-order valence-corrected chi connectivity index (χ0v) is 11.5. The highest BCUT2D eigenvalue weighted by atomic mass is 16.5. The summed E-state index contributed by atoms with van der Waals surface area (Å²) >= 11 is 0. The predicted octanol–water partition coefficient (Wildman–Crippen LogP) is 2.88. The Labute approximate surface area is 115 Å². The highest BCUT2D eigenvalue weighted by Gasteiger charge is 2.28. The third-order valence-electron chi connectivity index (χ3n) is 4.07. The van der Waals surface area contributed by atoms with Crippen LogP contribution in [0.4, 0.5) is 0 Å². The summed E-state index contributed by atoms with van der Waals surface area (Å²) in [6, 6.07) is 10.1. The number of carbonyl (C=O) groups is 1. The average Bonchev–Trinajstić information content (AvgIpc) is 2.46. The van der Waals surface area contributed by atoms with Crippen molar-refractivity contribution in [1.82, 2.24) is 0 Å². The molecule has 0 bridgehead atoms. The van der Waals surface area contributed by atoms with E-state index in [1.807, 2.05) is 30.3 Å². The Bertz CT molecular complexity index is 394. The van der Waals surface area contributed by atoms with E-state index < -0.39 is 0 Å². The Hall–Kier alpha value is -1.35. The molecule has 19 heavy (non-hydrogen) atoms. The Kier molecular flexibility index (Phi) is 4.97. The van der Waals surface area contributed by atoms with Crippen LogP contribution in [0.5, 0.6) is 0 Å². The van der Waals surface area contributed by atoms with Crippen LogP contribution >= 0.6 is 0 Å². The smallest absolute Gasteiger partial charge is 0.309 e. The maximum atomic E-state index is 12.0. The lowest BCUT2D eigenvalue weighted by Gasteiger charge is -2.29. The normalized spacial score (nSPS) is 24.7. The van der Waals surface area contributed by atoms with E-state index in [2.05, 4.69) is 6.92 Å². The summed E-state index contributed by atoms with van der Waals surface area (Å²) in [6.45, 7) is 2.44. The largest absolute Gasteiger partial charge is 0.461 e. The molecule has 0 radical (unpaired) electrons. The summed E-state index contributed by atoms with van der Waals surface area (Å²) < 4.78 is 5.39. The molecule has 1 aromatic rings. The van der Waals surface area contributed by atoms with E-state index in [1.165, 1.54) is 0 Å². The first-order valence-corrected chi connectivity index (χ1v) is 7.13. The standard InChI is InChI=1S/C16H23NO2/c1-12(17)14-7-9-15(10-8-14)16(18)19-11-13-5-3-2-4-6-13/h2-6,12,14-15H,7-11,17H2,1H3/t12?,14-,15-. The van der Waals surface area contributed by atoms with E-state index in [4.69, 9.17) is 10.5 Å². The van der Waals surface area contributed by atoms with Gasteiger partial charge in [-0.05, 0) is 44.1 Å². The van der Waals surface area contributed by atoms with E-state index >= 15 is 0 Å². The Morgan fingerprint density at radius 3 is 2.47 bits per heavy atom. The SMILES string of the molecule is CC(N)[C@H]1CC[C@H](C(=O)OCc2ccccc2)CC1. The van der Waals surface area contributed by atoms with Crippen LogP contribution in [-0.2, 0) is 16.1 Å². The van der Waals surface area contributed by atoms with Gasteiger partial charge in [0.2, 0.25) is 0 Å². The molecule has 0 amide bonds. The van der Waals surface area contributed by atoms with Crippen LogP contribution in [0.3, 0.4) is 0 Å². The molecule has 1 aliphatic rings. The maximum Gasteiger partial charge on any atom is 0.309 e. The third-order valence-corrected chi connectivity index (χ3v) is 4.07. The Balaban J connectivity index is 1.76. The maximum absolute atomic E-state index is 12.0. The summed E-state index contributed by atoms with van der Waals surface area (Å²) in [6.07, 6.45) is 3.92. The first-order chi connectivity index (χ1) is 9.16. The number of hydrogen-bond acceptors (Lipinski definition) is 3. The molecule has 0 aromatic heterocycles. The van der Waals surface area contributed by atoms with E-state index in [9.17, 15) is 4.79 Å². The second kappa shape index (κ2) is 6.71. The molecule has 2 N–H and O–H groups in total. The van der Waals surface area contributed by atoms with Crippen molar-refractivity contribution in [2.45, 2.75) is 45.3 Å². The average molecular weight is 261 g/mol. The van der Waals surface area contributed by atoms with Gasteiger partial charge in [0.1, 0.15) is 6.61 Å². The van der Waals surface area contributed by atoms with E-state index in [0.29, 0.717) is 12.5 Å². The highest BCUT2D eigenvalue weighted by Crippen LogP contribution is 2.31. The van der Waals surface area contributed by atoms with Gasteiger partial charge in [-0.15, -0.1) is 0 Å². The first kappa shape index (κ1) is 14.1. The summed E-state index contributed by atoms with van der Waals surface area (Å²) in [4.78, 5) is 12.0. The van der Waals surface area contributed by atoms with Gasteiger partial charge in [-0.1, -0.05) is 30.3 Å². The first-order valence-electron chi connectivity index (χ1n) is 7.13. The number of hydrogen-bond donors (Lipinski definition) is 1. The van der Waals surface area contributed by atoms with Crippen molar-refractivity contribution in [3.05, 3.63) is 35.9 Å². The van der Waals surface area contributed by atoms with E-state index in [1.54, 1.807) is 0 Å². The van der Waals surface area contributed by atoms with Crippen LogP contribution in [-0.4, -0.2) is 12.0 Å². The van der Waals surface area contributed by atoms with Crippen molar-refractivity contribution in [2.24, 2.45) is 17.6 Å². The molecule has 1 aliphatic carbocycles. The Morgan fingerprint density at radius 2 is 1.89 bits per heavy atom. The van der Waals surface area contributed by atoms with Gasteiger partial charge in [0.15, 0.2) is 0 Å². The summed E-state index contributed by atoms with van der Waals surface area (Å²) in [5.74, 6) is 0.587. The summed E-state index contributed by atoms with van der Waals surface area (Å²) in [5, 5.41) is 0. The van der Waals surface area contributed by atoms with Crippen LogP contribution in [0.1, 0.15) is 38.2 Å². The molecule has 0 heterocycles. The molecule has 1 aromatic carbocycles. The monoisotopic (exact) mass is 261 g/mol. The van der Waals surface area contributed by atoms with Crippen LogP contribution in [0.2, 0.25) is 0 Å². The van der Waals surface area contributed by atoms with Crippen LogP contribution in [0.25, 0.3) is 0 Å². The molecular weight excluding hydrogens is 238 g/mol. The van der Waals surface area contributed by atoms with Gasteiger partial charge in [-0.2, -0.15) is 0 Å². The number of esters is 1. The van der Waals surface area contributed by atoms with Gasteiger partial charge in [0, 0.05) is 6.04 Å². The summed E-state index contributed by atoms with van der Waals surface area (Å²) in [7, 11) is 0. The molecule has 1 saturated carbocycles. The van der Waals surface area contributed by atoms with Crippen molar-refractivity contribution < 1.29 is 9.53 Å². The number of carbonyl (C=O) groups excluding carboxylic acids is 1. The second-order valence-electron chi connectivity index (χ2n) is 5.56. The topological polar surface area (TPSA) is 52.3 Å². The fourth-order valence-electron chi connectivity index (χ4n) is 2.73. The number of rotatable bonds is 4. The van der Waals surface area contributed by atoms with Crippen molar-refractivity contribution in [3.63, 3.8) is 0 Å².